The number of piperazine rings is 1. The molecule has 1 aromatic carbocycles. The monoisotopic (exact) mass is 498 g/mol. The first kappa shape index (κ1) is 26.1. The molecule has 0 atom stereocenters. The highest BCUT2D eigenvalue weighted by Gasteiger charge is 2.19. The van der Waals surface area contributed by atoms with Crippen LogP contribution in [0.1, 0.15) is 36.0 Å². The first-order valence-corrected chi connectivity index (χ1v) is 13.0. The summed E-state index contributed by atoms with van der Waals surface area (Å²) in [6.07, 6.45) is 4.82. The molecule has 2 fully saturated rings. The van der Waals surface area contributed by atoms with Gasteiger partial charge in [0, 0.05) is 50.9 Å². The van der Waals surface area contributed by atoms with Crippen molar-refractivity contribution in [1.82, 2.24) is 25.6 Å². The van der Waals surface area contributed by atoms with Crippen molar-refractivity contribution >= 4 is 23.8 Å². The number of anilines is 3. The smallest absolute Gasteiger partial charge is 0.251 e. The summed E-state index contributed by atoms with van der Waals surface area (Å²) in [5.74, 6) is 1.82. The third-order valence-electron chi connectivity index (χ3n) is 6.18. The molecule has 1 aromatic heterocycles. The molecule has 0 bridgehead atoms. The first-order chi connectivity index (χ1) is 17.8. The summed E-state index contributed by atoms with van der Waals surface area (Å²) in [6.45, 7) is 6.55. The van der Waals surface area contributed by atoms with Crippen LogP contribution in [0.15, 0.2) is 30.3 Å². The number of hydrogen-bond acceptors (Lipinski definition) is 10. The summed E-state index contributed by atoms with van der Waals surface area (Å²) in [5.41, 5.74) is 0.646. The molecule has 36 heavy (non-hydrogen) atoms. The fraction of sp³-hybridized carbons (Fsp3) is 0.600. The van der Waals surface area contributed by atoms with Gasteiger partial charge in [0.1, 0.15) is 0 Å². The molecule has 4 N–H and O–H groups in total. The highest BCUT2D eigenvalue weighted by atomic mass is 16.5. The molecule has 0 spiro atoms. The molecule has 0 radical (unpaired) electrons. The average molecular weight is 499 g/mol. The number of rotatable bonds is 14. The van der Waals surface area contributed by atoms with Crippen LogP contribution < -0.4 is 26.2 Å². The third-order valence-corrected chi connectivity index (χ3v) is 6.18. The second-order valence-corrected chi connectivity index (χ2v) is 8.92. The lowest BCUT2D eigenvalue weighted by Crippen LogP contribution is -2.44. The van der Waals surface area contributed by atoms with Crippen LogP contribution >= 0.6 is 0 Å². The van der Waals surface area contributed by atoms with Crippen LogP contribution in [0.2, 0.25) is 0 Å². The van der Waals surface area contributed by atoms with Crippen LogP contribution in [0, 0.1) is 0 Å². The Balaban J connectivity index is 1.12. The van der Waals surface area contributed by atoms with E-state index in [0.29, 0.717) is 69.0 Å². The topological polar surface area (TPSA) is 126 Å². The Morgan fingerprint density at radius 3 is 2.36 bits per heavy atom. The lowest BCUT2D eigenvalue weighted by molar-refractivity contribution is 0.0519. The summed E-state index contributed by atoms with van der Waals surface area (Å²) in [4.78, 5) is 28.1. The predicted octanol–water partition coefficient (Wildman–Crippen LogP) is 1.51. The zero-order valence-electron chi connectivity index (χ0n) is 20.9. The van der Waals surface area contributed by atoms with E-state index in [0.717, 1.165) is 39.0 Å². The van der Waals surface area contributed by atoms with Gasteiger partial charge in [-0.05, 0) is 25.0 Å². The van der Waals surface area contributed by atoms with Crippen LogP contribution in [-0.2, 0) is 9.47 Å². The minimum absolute atomic E-state index is 0.0958. The highest BCUT2D eigenvalue weighted by Crippen LogP contribution is 2.22. The minimum Gasteiger partial charge on any atom is -0.377 e. The second kappa shape index (κ2) is 14.5. The maximum absolute atomic E-state index is 12.0. The summed E-state index contributed by atoms with van der Waals surface area (Å²) in [5, 5.41) is 13.0. The SMILES string of the molecule is O=C(NCCOCCOCCNc1nc(NC2CCCC2)nc(N2CCNCC2)n1)c1ccccc1. The van der Waals surface area contributed by atoms with Crippen molar-refractivity contribution in [2.75, 3.05) is 81.2 Å². The molecular formula is C25H38N8O3. The van der Waals surface area contributed by atoms with Crippen LogP contribution in [0.4, 0.5) is 17.8 Å². The van der Waals surface area contributed by atoms with Gasteiger partial charge in [-0.1, -0.05) is 31.0 Å². The minimum atomic E-state index is -0.0958. The van der Waals surface area contributed by atoms with Crippen molar-refractivity contribution < 1.29 is 14.3 Å². The summed E-state index contributed by atoms with van der Waals surface area (Å²) < 4.78 is 11.2. The fourth-order valence-electron chi connectivity index (χ4n) is 4.25. The standard InChI is InChI=1S/C25H38N8O3/c34-22(20-6-2-1-3-7-20)27-12-16-35-18-19-36-17-13-28-23-30-24(29-21-8-4-5-9-21)32-25(31-23)33-14-10-26-11-15-33/h1-3,6-7,21,26H,4-5,8-19H2,(H,27,34)(H2,28,29,30,31,32). The van der Waals surface area contributed by atoms with Gasteiger partial charge < -0.3 is 35.6 Å². The van der Waals surface area contributed by atoms with Crippen LogP contribution in [-0.4, -0.2) is 92.6 Å². The van der Waals surface area contributed by atoms with Gasteiger partial charge in [0.05, 0.1) is 26.4 Å². The number of nitrogens with zero attached hydrogens (tertiary/aromatic N) is 4. The molecule has 1 saturated heterocycles. The number of amides is 1. The molecule has 2 aliphatic rings. The van der Waals surface area contributed by atoms with Crippen molar-refractivity contribution in [3.05, 3.63) is 35.9 Å². The second-order valence-electron chi connectivity index (χ2n) is 8.92. The van der Waals surface area contributed by atoms with Gasteiger partial charge in [0.25, 0.3) is 5.91 Å². The van der Waals surface area contributed by atoms with Gasteiger partial charge in [-0.25, -0.2) is 0 Å². The van der Waals surface area contributed by atoms with E-state index in [2.05, 4.69) is 36.1 Å². The zero-order chi connectivity index (χ0) is 24.8. The maximum Gasteiger partial charge on any atom is 0.251 e. The Kier molecular flexibility index (Phi) is 10.5. The van der Waals surface area contributed by atoms with Crippen molar-refractivity contribution in [3.8, 4) is 0 Å². The lowest BCUT2D eigenvalue weighted by atomic mass is 10.2. The molecule has 1 amide bonds. The number of nitrogens with one attached hydrogen (secondary N) is 4. The van der Waals surface area contributed by atoms with E-state index < -0.39 is 0 Å². The van der Waals surface area contributed by atoms with Gasteiger partial charge in [-0.15, -0.1) is 0 Å². The largest absolute Gasteiger partial charge is 0.377 e. The zero-order valence-corrected chi connectivity index (χ0v) is 20.9. The number of benzene rings is 1. The molecule has 4 rings (SSSR count). The molecule has 11 heteroatoms. The van der Waals surface area contributed by atoms with E-state index in [9.17, 15) is 4.79 Å². The molecule has 0 unspecified atom stereocenters. The molecule has 196 valence electrons. The van der Waals surface area contributed by atoms with Gasteiger partial charge in [0.2, 0.25) is 17.8 Å². The molecular weight excluding hydrogens is 460 g/mol. The Bertz CT molecular complexity index is 921. The molecule has 1 saturated carbocycles. The van der Waals surface area contributed by atoms with E-state index in [1.54, 1.807) is 12.1 Å². The van der Waals surface area contributed by atoms with Crippen molar-refractivity contribution in [2.24, 2.45) is 0 Å². The highest BCUT2D eigenvalue weighted by molar-refractivity contribution is 5.94. The molecule has 2 heterocycles. The van der Waals surface area contributed by atoms with Gasteiger partial charge in [-0.2, -0.15) is 15.0 Å². The molecule has 2 aromatic rings. The molecule has 1 aliphatic heterocycles. The number of carbonyl (C=O) groups excluding carboxylic acids is 1. The van der Waals surface area contributed by atoms with Gasteiger partial charge in [0.15, 0.2) is 0 Å². The van der Waals surface area contributed by atoms with E-state index in [1.807, 2.05) is 18.2 Å². The Hall–Kier alpha value is -3.02. The average Bonchev–Trinajstić information content (AvgIpc) is 3.43. The quantitative estimate of drug-likeness (QED) is 0.285. The van der Waals surface area contributed by atoms with E-state index >= 15 is 0 Å². The van der Waals surface area contributed by atoms with Crippen LogP contribution in [0.3, 0.4) is 0 Å². The number of carbonyl (C=O) groups is 1. The third kappa shape index (κ3) is 8.58. The molecule has 11 nitrogen and oxygen atoms in total. The van der Waals surface area contributed by atoms with Gasteiger partial charge >= 0.3 is 0 Å². The van der Waals surface area contributed by atoms with E-state index in [1.165, 1.54) is 12.8 Å². The fourth-order valence-corrected chi connectivity index (χ4v) is 4.25. The van der Waals surface area contributed by atoms with Crippen molar-refractivity contribution in [1.29, 1.82) is 0 Å². The Labute approximate surface area is 212 Å². The Morgan fingerprint density at radius 1 is 0.917 bits per heavy atom. The summed E-state index contributed by atoms with van der Waals surface area (Å²) in [7, 11) is 0. The van der Waals surface area contributed by atoms with Crippen molar-refractivity contribution in [3.63, 3.8) is 0 Å². The summed E-state index contributed by atoms with van der Waals surface area (Å²) >= 11 is 0. The lowest BCUT2D eigenvalue weighted by Gasteiger charge is -2.28. The van der Waals surface area contributed by atoms with Crippen LogP contribution in [0.5, 0.6) is 0 Å². The van der Waals surface area contributed by atoms with Crippen LogP contribution in [0.25, 0.3) is 0 Å². The number of ether oxygens (including phenoxy) is 2. The number of aromatic nitrogens is 3. The predicted molar refractivity (Wildman–Crippen MR) is 140 cm³/mol. The number of hydrogen-bond donors (Lipinski definition) is 4. The van der Waals surface area contributed by atoms with E-state index in [4.69, 9.17) is 14.5 Å². The maximum atomic E-state index is 12.0. The van der Waals surface area contributed by atoms with E-state index in [-0.39, 0.29) is 5.91 Å². The van der Waals surface area contributed by atoms with Gasteiger partial charge in [-0.3, -0.25) is 4.79 Å². The summed E-state index contributed by atoms with van der Waals surface area (Å²) in [6, 6.07) is 9.58. The Morgan fingerprint density at radius 2 is 1.61 bits per heavy atom. The van der Waals surface area contributed by atoms with Crippen molar-refractivity contribution in [2.45, 2.75) is 31.7 Å². The normalized spacial score (nSPS) is 16.2. The molecule has 1 aliphatic carbocycles. The first-order valence-electron chi connectivity index (χ1n) is 13.0.